The third kappa shape index (κ3) is 10.5. The second kappa shape index (κ2) is 13.8. The van der Waals surface area contributed by atoms with E-state index in [1.54, 1.807) is 0 Å². The molecule has 0 saturated heterocycles. The van der Waals surface area contributed by atoms with Gasteiger partial charge in [0.2, 0.25) is 0 Å². The van der Waals surface area contributed by atoms with Crippen molar-refractivity contribution in [3.8, 4) is 11.5 Å². The van der Waals surface area contributed by atoms with Gasteiger partial charge in [-0.15, -0.1) is 0 Å². The van der Waals surface area contributed by atoms with Crippen LogP contribution in [0.15, 0.2) is 24.3 Å². The molecule has 2 unspecified atom stereocenters. The summed E-state index contributed by atoms with van der Waals surface area (Å²) in [6.07, 6.45) is 1.48. The van der Waals surface area contributed by atoms with Gasteiger partial charge in [0.05, 0.1) is 0 Å². The lowest BCUT2D eigenvalue weighted by molar-refractivity contribution is -0.170. The van der Waals surface area contributed by atoms with Crippen LogP contribution in [0.5, 0.6) is 11.5 Å². The number of hydrogen-bond acceptors (Lipinski definition) is 6. The SMILES string of the molecule is CCC(C)(Cc1cc(C(C)(C)C)c(O)c(C(C)(C)C)c1)OC(=O)CC(=O)OC(C)(CC)Cc1cc(C(C)(C)C)c(O)c(C(C)(C)C)c1. The zero-order chi connectivity index (χ0) is 36.6. The first-order chi connectivity index (χ1) is 21.0. The molecule has 0 aromatic heterocycles. The smallest absolute Gasteiger partial charge is 0.317 e. The van der Waals surface area contributed by atoms with Gasteiger partial charge in [0.25, 0.3) is 0 Å². The van der Waals surface area contributed by atoms with Gasteiger partial charge >= 0.3 is 11.9 Å². The minimum atomic E-state index is -0.856. The van der Waals surface area contributed by atoms with E-state index in [-0.39, 0.29) is 21.7 Å². The molecule has 0 heterocycles. The van der Waals surface area contributed by atoms with Crippen LogP contribution in [0.1, 0.15) is 163 Å². The van der Waals surface area contributed by atoms with Gasteiger partial charge in [-0.25, -0.2) is 0 Å². The maximum Gasteiger partial charge on any atom is 0.317 e. The number of phenolic OH excluding ortho intramolecular Hbond substituents is 2. The van der Waals surface area contributed by atoms with E-state index < -0.39 is 29.6 Å². The molecule has 0 radical (unpaired) electrons. The fraction of sp³-hybridized carbons (Fsp3) is 0.659. The van der Waals surface area contributed by atoms with E-state index in [1.165, 1.54) is 0 Å². The largest absolute Gasteiger partial charge is 0.507 e. The molecule has 6 heteroatoms. The van der Waals surface area contributed by atoms with Gasteiger partial charge < -0.3 is 19.7 Å². The second-order valence-electron chi connectivity index (χ2n) is 18.2. The molecule has 0 spiro atoms. The zero-order valence-electron chi connectivity index (χ0n) is 32.4. The molecule has 0 saturated carbocycles. The molecule has 2 rings (SSSR count). The van der Waals surface area contributed by atoms with Crippen LogP contribution in [0.25, 0.3) is 0 Å². The first kappa shape index (κ1) is 40.2. The predicted molar refractivity (Wildman–Crippen MR) is 193 cm³/mol. The summed E-state index contributed by atoms with van der Waals surface area (Å²) in [7, 11) is 0. The highest BCUT2D eigenvalue weighted by Gasteiger charge is 2.35. The van der Waals surface area contributed by atoms with Gasteiger partial charge in [-0.05, 0) is 81.7 Å². The van der Waals surface area contributed by atoms with Crippen molar-refractivity contribution < 1.29 is 29.3 Å². The maximum atomic E-state index is 13.2. The zero-order valence-corrected chi connectivity index (χ0v) is 32.4. The summed E-state index contributed by atoms with van der Waals surface area (Å²) in [4.78, 5) is 26.4. The van der Waals surface area contributed by atoms with Crippen molar-refractivity contribution in [1.29, 1.82) is 0 Å². The second-order valence-corrected chi connectivity index (χ2v) is 18.2. The molecule has 0 amide bonds. The van der Waals surface area contributed by atoms with E-state index in [0.717, 1.165) is 33.4 Å². The van der Waals surface area contributed by atoms with Crippen LogP contribution in [-0.2, 0) is 53.6 Å². The fourth-order valence-electron chi connectivity index (χ4n) is 5.95. The molecule has 6 nitrogen and oxygen atoms in total. The molecule has 0 aliphatic carbocycles. The van der Waals surface area contributed by atoms with Gasteiger partial charge in [-0.3, -0.25) is 9.59 Å². The van der Waals surface area contributed by atoms with E-state index in [1.807, 2.05) is 52.0 Å². The van der Waals surface area contributed by atoms with Crippen molar-refractivity contribution >= 4 is 11.9 Å². The first-order valence-corrected chi connectivity index (χ1v) is 17.2. The molecular formula is C41H64O6. The molecule has 47 heavy (non-hydrogen) atoms. The van der Waals surface area contributed by atoms with E-state index in [4.69, 9.17) is 9.47 Å². The third-order valence-corrected chi connectivity index (χ3v) is 9.23. The Balaban J connectivity index is 2.29. The lowest BCUT2D eigenvalue weighted by Gasteiger charge is -2.33. The molecule has 0 bridgehead atoms. The van der Waals surface area contributed by atoms with E-state index in [0.29, 0.717) is 37.2 Å². The minimum absolute atomic E-state index is 0.280. The summed E-state index contributed by atoms with van der Waals surface area (Å²) >= 11 is 0. The molecule has 264 valence electrons. The van der Waals surface area contributed by atoms with Crippen molar-refractivity contribution in [3.63, 3.8) is 0 Å². The van der Waals surface area contributed by atoms with Crippen molar-refractivity contribution in [3.05, 3.63) is 57.6 Å². The molecule has 2 N–H and O–H groups in total. The number of phenols is 2. The van der Waals surface area contributed by atoms with Gasteiger partial charge in [-0.1, -0.05) is 121 Å². The number of carbonyl (C=O) groups excluding carboxylic acids is 2. The van der Waals surface area contributed by atoms with E-state index in [2.05, 4.69) is 83.1 Å². The lowest BCUT2D eigenvalue weighted by Crippen LogP contribution is -2.37. The van der Waals surface area contributed by atoms with Crippen LogP contribution >= 0.6 is 0 Å². The highest BCUT2D eigenvalue weighted by molar-refractivity contribution is 5.91. The molecular weight excluding hydrogens is 588 g/mol. The number of esters is 2. The Labute approximate surface area is 285 Å². The highest BCUT2D eigenvalue weighted by atomic mass is 16.6. The van der Waals surface area contributed by atoms with Crippen LogP contribution < -0.4 is 0 Å². The quantitative estimate of drug-likeness (QED) is 0.196. The van der Waals surface area contributed by atoms with Crippen LogP contribution in [0.2, 0.25) is 0 Å². The van der Waals surface area contributed by atoms with Gasteiger partial charge in [-0.2, -0.15) is 0 Å². The Hall–Kier alpha value is -3.02. The normalized spacial score (nSPS) is 15.5. The monoisotopic (exact) mass is 652 g/mol. The van der Waals surface area contributed by atoms with E-state index in [9.17, 15) is 19.8 Å². The number of carbonyl (C=O) groups is 2. The van der Waals surface area contributed by atoms with Gasteiger partial charge in [0.1, 0.15) is 29.1 Å². The van der Waals surface area contributed by atoms with Crippen LogP contribution in [-0.4, -0.2) is 33.4 Å². The third-order valence-electron chi connectivity index (χ3n) is 9.23. The van der Waals surface area contributed by atoms with Crippen molar-refractivity contribution in [2.45, 2.75) is 176 Å². The van der Waals surface area contributed by atoms with Crippen LogP contribution in [0, 0.1) is 0 Å². The predicted octanol–water partition coefficient (Wildman–Crippen LogP) is 9.89. The number of rotatable bonds is 10. The molecule has 2 aromatic carbocycles. The summed E-state index contributed by atoms with van der Waals surface area (Å²) in [6.45, 7) is 32.6. The summed E-state index contributed by atoms with van der Waals surface area (Å²) in [6, 6.07) is 8.03. The van der Waals surface area contributed by atoms with Gasteiger partial charge in [0.15, 0.2) is 0 Å². The first-order valence-electron chi connectivity index (χ1n) is 17.2. The van der Waals surface area contributed by atoms with Crippen LogP contribution in [0.4, 0.5) is 0 Å². The number of aromatic hydroxyl groups is 2. The summed E-state index contributed by atoms with van der Waals surface area (Å²) < 4.78 is 12.0. The Kier molecular flexibility index (Phi) is 11.8. The Morgan fingerprint density at radius 2 is 0.745 bits per heavy atom. The minimum Gasteiger partial charge on any atom is -0.507 e. The fourth-order valence-corrected chi connectivity index (χ4v) is 5.95. The number of hydrogen-bond donors (Lipinski definition) is 2. The Bertz CT molecular complexity index is 1260. The van der Waals surface area contributed by atoms with Crippen molar-refractivity contribution in [2.75, 3.05) is 0 Å². The average Bonchev–Trinajstić information content (AvgIpc) is 2.87. The Morgan fingerprint density at radius 1 is 0.511 bits per heavy atom. The molecule has 0 fully saturated rings. The van der Waals surface area contributed by atoms with E-state index >= 15 is 0 Å². The van der Waals surface area contributed by atoms with Crippen molar-refractivity contribution in [2.24, 2.45) is 0 Å². The van der Waals surface area contributed by atoms with Crippen molar-refractivity contribution in [1.82, 2.24) is 0 Å². The standard InChI is InChI=1S/C41H64O6/c1-17-40(15,24-26-19-28(36(3,4)5)34(44)29(20-26)37(6,7)8)46-32(42)23-33(43)47-41(16,18-2)25-27-21-30(38(9,10)11)35(45)31(22-27)39(12,13)14/h19-22,44-45H,17-18,23-25H2,1-16H3. The highest BCUT2D eigenvalue weighted by Crippen LogP contribution is 2.42. The molecule has 0 aliphatic heterocycles. The summed E-state index contributed by atoms with van der Waals surface area (Å²) in [5.74, 6) is -0.638. The molecule has 0 aliphatic rings. The maximum absolute atomic E-state index is 13.2. The molecule has 2 atom stereocenters. The molecule has 2 aromatic rings. The lowest BCUT2D eigenvalue weighted by atomic mass is 9.77. The Morgan fingerprint density at radius 3 is 0.936 bits per heavy atom. The number of ether oxygens (including phenoxy) is 2. The van der Waals surface area contributed by atoms with Crippen LogP contribution in [0.3, 0.4) is 0 Å². The number of benzene rings is 2. The topological polar surface area (TPSA) is 93.1 Å². The summed E-state index contributed by atoms with van der Waals surface area (Å²) in [5, 5.41) is 22.3. The van der Waals surface area contributed by atoms with Gasteiger partial charge in [0, 0.05) is 12.8 Å². The summed E-state index contributed by atoms with van der Waals surface area (Å²) in [5.41, 5.74) is 2.51. The average molecular weight is 653 g/mol.